The fourth-order valence-electron chi connectivity index (χ4n) is 1.90. The average Bonchev–Trinajstić information content (AvgIpc) is 2.39. The van der Waals surface area contributed by atoms with Gasteiger partial charge in [-0.15, -0.1) is 0 Å². The summed E-state index contributed by atoms with van der Waals surface area (Å²) in [5, 5.41) is 3.25. The van der Waals surface area contributed by atoms with Gasteiger partial charge in [-0.25, -0.2) is 0 Å². The van der Waals surface area contributed by atoms with Gasteiger partial charge in [0.05, 0.1) is 6.61 Å². The van der Waals surface area contributed by atoms with Crippen LogP contribution in [0, 0.1) is 0 Å². The molecule has 0 heterocycles. The van der Waals surface area contributed by atoms with Crippen LogP contribution in [-0.2, 0) is 17.8 Å². The quantitative estimate of drug-likeness (QED) is 0.700. The molecule has 0 fully saturated rings. The van der Waals surface area contributed by atoms with Gasteiger partial charge in [-0.05, 0) is 37.1 Å². The van der Waals surface area contributed by atoms with E-state index >= 15 is 0 Å². The van der Waals surface area contributed by atoms with Crippen molar-refractivity contribution in [1.82, 2.24) is 5.32 Å². The van der Waals surface area contributed by atoms with Crippen LogP contribution in [0.4, 0.5) is 13.2 Å². The molecule has 2 nitrogen and oxygen atoms in total. The number of benzene rings is 1. The van der Waals surface area contributed by atoms with E-state index in [-0.39, 0.29) is 13.0 Å². The summed E-state index contributed by atoms with van der Waals surface area (Å²) in [6, 6.07) is 7.89. The molecule has 1 aromatic rings. The standard InChI is InChI=1S/C15H22F3NO/c1-2-19-10-8-13-6-3-4-7-14(13)12-20-11-5-9-15(16,17)18/h3-4,6-7,19H,2,5,8-12H2,1H3. The van der Waals surface area contributed by atoms with E-state index in [1.54, 1.807) is 0 Å². The Hall–Kier alpha value is -1.07. The topological polar surface area (TPSA) is 21.3 Å². The minimum Gasteiger partial charge on any atom is -0.377 e. The number of ether oxygens (including phenoxy) is 1. The Morgan fingerprint density at radius 2 is 1.85 bits per heavy atom. The fourth-order valence-corrected chi connectivity index (χ4v) is 1.90. The maximum atomic E-state index is 12.0. The normalized spacial score (nSPS) is 11.8. The van der Waals surface area contributed by atoms with E-state index in [1.165, 1.54) is 5.56 Å². The van der Waals surface area contributed by atoms with Crippen molar-refractivity contribution in [2.45, 2.75) is 39.0 Å². The second-order valence-electron chi connectivity index (χ2n) is 4.64. The van der Waals surface area contributed by atoms with Crippen LogP contribution in [0.15, 0.2) is 24.3 Å². The second kappa shape index (κ2) is 8.97. The van der Waals surface area contributed by atoms with Gasteiger partial charge in [-0.2, -0.15) is 13.2 Å². The molecule has 1 N–H and O–H groups in total. The molecule has 0 atom stereocenters. The van der Waals surface area contributed by atoms with E-state index in [9.17, 15) is 13.2 Å². The number of hydrogen-bond acceptors (Lipinski definition) is 2. The Bertz CT molecular complexity index is 380. The second-order valence-corrected chi connectivity index (χ2v) is 4.64. The third kappa shape index (κ3) is 7.50. The largest absolute Gasteiger partial charge is 0.389 e. The van der Waals surface area contributed by atoms with Gasteiger partial charge >= 0.3 is 6.18 Å². The first-order chi connectivity index (χ1) is 9.53. The highest BCUT2D eigenvalue weighted by Gasteiger charge is 2.25. The highest BCUT2D eigenvalue weighted by atomic mass is 19.4. The summed E-state index contributed by atoms with van der Waals surface area (Å²) in [6.07, 6.45) is -3.96. The third-order valence-electron chi connectivity index (χ3n) is 2.95. The SMILES string of the molecule is CCNCCc1ccccc1COCCCC(F)(F)F. The zero-order valence-corrected chi connectivity index (χ0v) is 11.8. The Kier molecular flexibility index (Phi) is 7.62. The van der Waals surface area contributed by atoms with Crippen molar-refractivity contribution >= 4 is 0 Å². The molecule has 0 aromatic heterocycles. The van der Waals surface area contributed by atoms with Crippen LogP contribution in [-0.4, -0.2) is 25.9 Å². The van der Waals surface area contributed by atoms with E-state index < -0.39 is 12.6 Å². The molecule has 0 saturated carbocycles. The number of likely N-dealkylation sites (N-methyl/N-ethyl adjacent to an activating group) is 1. The lowest BCUT2D eigenvalue weighted by molar-refractivity contribution is -0.138. The molecule has 20 heavy (non-hydrogen) atoms. The zero-order valence-electron chi connectivity index (χ0n) is 11.8. The van der Waals surface area contributed by atoms with Crippen LogP contribution >= 0.6 is 0 Å². The van der Waals surface area contributed by atoms with Crippen molar-refractivity contribution in [2.75, 3.05) is 19.7 Å². The maximum Gasteiger partial charge on any atom is 0.389 e. The van der Waals surface area contributed by atoms with Gasteiger partial charge in [0.15, 0.2) is 0 Å². The number of alkyl halides is 3. The molecule has 0 aliphatic heterocycles. The number of rotatable bonds is 9. The first kappa shape index (κ1) is 17.0. The third-order valence-corrected chi connectivity index (χ3v) is 2.95. The van der Waals surface area contributed by atoms with E-state index in [0.29, 0.717) is 6.61 Å². The predicted molar refractivity (Wildman–Crippen MR) is 73.6 cm³/mol. The molecule has 114 valence electrons. The van der Waals surface area contributed by atoms with Crippen molar-refractivity contribution in [3.63, 3.8) is 0 Å². The molecule has 1 aromatic carbocycles. The molecule has 0 unspecified atom stereocenters. The molecule has 0 radical (unpaired) electrons. The molecule has 0 aliphatic rings. The molecule has 0 bridgehead atoms. The van der Waals surface area contributed by atoms with Gasteiger partial charge < -0.3 is 10.1 Å². The average molecular weight is 289 g/mol. The molecule has 0 amide bonds. The molecule has 0 aliphatic carbocycles. The number of halogens is 3. The van der Waals surface area contributed by atoms with Gasteiger partial charge in [-0.3, -0.25) is 0 Å². The first-order valence-electron chi connectivity index (χ1n) is 6.95. The van der Waals surface area contributed by atoms with Gasteiger partial charge in [0.25, 0.3) is 0 Å². The van der Waals surface area contributed by atoms with Crippen LogP contribution in [0.25, 0.3) is 0 Å². The molecule has 0 saturated heterocycles. The zero-order chi connectivity index (χ0) is 14.8. The van der Waals surface area contributed by atoms with Crippen molar-refractivity contribution < 1.29 is 17.9 Å². The summed E-state index contributed by atoms with van der Waals surface area (Å²) in [4.78, 5) is 0. The van der Waals surface area contributed by atoms with Crippen LogP contribution in [0.1, 0.15) is 30.9 Å². The molecule has 1 rings (SSSR count). The first-order valence-corrected chi connectivity index (χ1v) is 6.95. The molecule has 0 spiro atoms. The Labute approximate surface area is 118 Å². The molecular formula is C15H22F3NO. The van der Waals surface area contributed by atoms with Gasteiger partial charge in [0, 0.05) is 13.0 Å². The lowest BCUT2D eigenvalue weighted by Gasteiger charge is -2.11. The maximum absolute atomic E-state index is 12.0. The van der Waals surface area contributed by atoms with Crippen molar-refractivity contribution in [1.29, 1.82) is 0 Å². The summed E-state index contributed by atoms with van der Waals surface area (Å²) in [5.74, 6) is 0. The van der Waals surface area contributed by atoms with Gasteiger partial charge in [0.2, 0.25) is 0 Å². The van der Waals surface area contributed by atoms with Gasteiger partial charge in [-0.1, -0.05) is 31.2 Å². The van der Waals surface area contributed by atoms with Crippen molar-refractivity contribution in [2.24, 2.45) is 0 Å². The van der Waals surface area contributed by atoms with Crippen LogP contribution in [0.5, 0.6) is 0 Å². The monoisotopic (exact) mass is 289 g/mol. The Morgan fingerprint density at radius 1 is 1.15 bits per heavy atom. The summed E-state index contributed by atoms with van der Waals surface area (Å²) >= 11 is 0. The molecule has 5 heteroatoms. The highest BCUT2D eigenvalue weighted by Crippen LogP contribution is 2.21. The lowest BCUT2D eigenvalue weighted by Crippen LogP contribution is -2.16. The van der Waals surface area contributed by atoms with Crippen LogP contribution in [0.3, 0.4) is 0 Å². The van der Waals surface area contributed by atoms with E-state index in [1.807, 2.05) is 24.3 Å². The van der Waals surface area contributed by atoms with Crippen LogP contribution in [0.2, 0.25) is 0 Å². The van der Waals surface area contributed by atoms with Crippen molar-refractivity contribution in [3.05, 3.63) is 35.4 Å². The van der Waals surface area contributed by atoms with E-state index in [4.69, 9.17) is 4.74 Å². The van der Waals surface area contributed by atoms with Crippen molar-refractivity contribution in [3.8, 4) is 0 Å². The lowest BCUT2D eigenvalue weighted by atomic mass is 10.1. The molecular weight excluding hydrogens is 267 g/mol. The predicted octanol–water partition coefficient (Wildman–Crippen LogP) is 3.70. The minimum atomic E-state index is -4.09. The summed E-state index contributed by atoms with van der Waals surface area (Å²) in [6.45, 7) is 4.38. The smallest absolute Gasteiger partial charge is 0.377 e. The van der Waals surface area contributed by atoms with E-state index in [2.05, 4.69) is 12.2 Å². The summed E-state index contributed by atoms with van der Waals surface area (Å²) in [5.41, 5.74) is 2.24. The summed E-state index contributed by atoms with van der Waals surface area (Å²) < 4.78 is 41.3. The van der Waals surface area contributed by atoms with Crippen LogP contribution < -0.4 is 5.32 Å². The number of nitrogens with one attached hydrogen (secondary N) is 1. The Morgan fingerprint density at radius 3 is 2.50 bits per heavy atom. The number of hydrogen-bond donors (Lipinski definition) is 1. The summed E-state index contributed by atoms with van der Waals surface area (Å²) in [7, 11) is 0. The Balaban J connectivity index is 2.32. The minimum absolute atomic E-state index is 0.0169. The van der Waals surface area contributed by atoms with E-state index in [0.717, 1.165) is 25.1 Å². The highest BCUT2D eigenvalue weighted by molar-refractivity contribution is 5.26. The fraction of sp³-hybridized carbons (Fsp3) is 0.600. The van der Waals surface area contributed by atoms with Gasteiger partial charge in [0.1, 0.15) is 0 Å².